The number of β-amino-alcohol motifs (C(OH)–C–C–N with tert-alkyl or cyclic N) is 1. The first-order chi connectivity index (χ1) is 16.3. The van der Waals surface area contributed by atoms with Crippen molar-refractivity contribution in [1.29, 1.82) is 0 Å². The highest BCUT2D eigenvalue weighted by Crippen LogP contribution is 2.33. The van der Waals surface area contributed by atoms with Crippen LogP contribution in [0, 0.1) is 0 Å². The molecule has 0 amide bonds. The molecular weight excluding hydrogens is 458 g/mol. The van der Waals surface area contributed by atoms with Gasteiger partial charge in [-0.05, 0) is 35.4 Å². The van der Waals surface area contributed by atoms with Gasteiger partial charge < -0.3 is 35.1 Å². The second kappa shape index (κ2) is 12.3. The van der Waals surface area contributed by atoms with Crippen molar-refractivity contribution < 1.29 is 24.8 Å². The highest BCUT2D eigenvalue weighted by atomic mass is 35.5. The van der Waals surface area contributed by atoms with E-state index in [-0.39, 0.29) is 31.1 Å². The maximum Gasteiger partial charge on any atom is 0.119 e. The van der Waals surface area contributed by atoms with Gasteiger partial charge in [0.25, 0.3) is 0 Å². The van der Waals surface area contributed by atoms with Crippen LogP contribution in [0.2, 0.25) is 0 Å². The number of rotatable bonds is 12. The van der Waals surface area contributed by atoms with Gasteiger partial charge in [-0.3, -0.25) is 0 Å². The largest absolute Gasteiger partial charge is 0.491 e. The van der Waals surface area contributed by atoms with E-state index < -0.39 is 12.2 Å². The van der Waals surface area contributed by atoms with E-state index >= 15 is 0 Å². The number of benzene rings is 2. The molecule has 0 saturated carbocycles. The summed E-state index contributed by atoms with van der Waals surface area (Å²) in [7, 11) is 0. The Kier molecular flexibility index (Phi) is 9.44. The van der Waals surface area contributed by atoms with E-state index in [1.54, 1.807) is 11.2 Å². The first kappa shape index (κ1) is 26.1. The number of hydrazine groups is 1. The first-order valence-corrected chi connectivity index (χ1v) is 11.8. The average Bonchev–Trinajstić information content (AvgIpc) is 2.86. The van der Waals surface area contributed by atoms with E-state index in [4.69, 9.17) is 21.1 Å². The van der Waals surface area contributed by atoms with Crippen LogP contribution in [0.3, 0.4) is 0 Å². The van der Waals surface area contributed by atoms with Crippen LogP contribution in [-0.2, 0) is 5.41 Å². The lowest BCUT2D eigenvalue weighted by Gasteiger charge is -2.32. The zero-order valence-corrected chi connectivity index (χ0v) is 20.3. The summed E-state index contributed by atoms with van der Waals surface area (Å²) < 4.78 is 11.3. The topological polar surface area (TPSA) is 106 Å². The van der Waals surface area contributed by atoms with Crippen molar-refractivity contribution in [3.63, 3.8) is 0 Å². The summed E-state index contributed by atoms with van der Waals surface area (Å²) in [4.78, 5) is 0. The maximum atomic E-state index is 10.3. The number of ether oxygens (including phenoxy) is 2. The van der Waals surface area contributed by atoms with Crippen molar-refractivity contribution in [3.8, 4) is 11.5 Å². The molecule has 0 aromatic heterocycles. The minimum atomic E-state index is -0.733. The van der Waals surface area contributed by atoms with E-state index in [1.165, 1.54) is 0 Å². The third-order valence-electron chi connectivity index (χ3n) is 5.76. The molecule has 2 aromatic carbocycles. The Morgan fingerprint density at radius 2 is 1.47 bits per heavy atom. The summed E-state index contributed by atoms with van der Waals surface area (Å²) in [5.41, 5.74) is 5.72. The van der Waals surface area contributed by atoms with Crippen LogP contribution in [0.25, 0.3) is 0 Å². The van der Waals surface area contributed by atoms with E-state index in [1.807, 2.05) is 48.5 Å². The molecule has 0 bridgehead atoms. The Morgan fingerprint density at radius 1 is 0.941 bits per heavy atom. The highest BCUT2D eigenvalue weighted by Gasteiger charge is 2.23. The number of nitrogens with zero attached hydrogens (tertiary/aromatic N) is 1. The number of alkyl halides is 1. The fourth-order valence-corrected chi connectivity index (χ4v) is 3.69. The van der Waals surface area contributed by atoms with Gasteiger partial charge in [0.05, 0.1) is 31.4 Å². The molecule has 186 valence electrons. The van der Waals surface area contributed by atoms with Gasteiger partial charge >= 0.3 is 0 Å². The Morgan fingerprint density at radius 3 is 1.97 bits per heavy atom. The summed E-state index contributed by atoms with van der Waals surface area (Å²) in [5, 5.41) is 34.0. The standard InChI is InChI=1S/C25H34ClN3O5/c1-25(2,18-3-7-23(8-4-18)33-15-21(31)11-26)19-5-9-24(10-6-19)34-16-22(32)13-29-20(14-30)12-27-17-28-29/h3-10,12,21-22,27-28,30-32H,11,13-17H2,1-2H3/t21-,22+/m0/s1. The predicted molar refractivity (Wildman–Crippen MR) is 132 cm³/mol. The van der Waals surface area contributed by atoms with Gasteiger partial charge in [0.15, 0.2) is 0 Å². The third kappa shape index (κ3) is 7.01. The number of nitrogens with one attached hydrogen (secondary N) is 2. The van der Waals surface area contributed by atoms with Crippen molar-refractivity contribution in [2.75, 3.05) is 38.9 Å². The van der Waals surface area contributed by atoms with Crippen LogP contribution < -0.4 is 20.2 Å². The molecule has 0 spiro atoms. The molecular formula is C25H34ClN3O5. The second-order valence-electron chi connectivity index (χ2n) is 8.70. The van der Waals surface area contributed by atoms with Gasteiger partial charge in [0.2, 0.25) is 0 Å². The van der Waals surface area contributed by atoms with Gasteiger partial charge in [0.1, 0.15) is 36.9 Å². The fraction of sp³-hybridized carbons (Fsp3) is 0.440. The van der Waals surface area contributed by atoms with Crippen molar-refractivity contribution in [2.45, 2.75) is 31.5 Å². The molecule has 2 aromatic rings. The van der Waals surface area contributed by atoms with Gasteiger partial charge in [-0.2, -0.15) is 0 Å². The predicted octanol–water partition coefficient (Wildman–Crippen LogP) is 1.93. The molecule has 2 atom stereocenters. The summed E-state index contributed by atoms with van der Waals surface area (Å²) in [6.07, 6.45) is 0.299. The Balaban J connectivity index is 1.54. The smallest absolute Gasteiger partial charge is 0.119 e. The number of halogens is 1. The normalized spacial score (nSPS) is 15.8. The highest BCUT2D eigenvalue weighted by molar-refractivity contribution is 6.18. The van der Waals surface area contributed by atoms with E-state index in [0.29, 0.717) is 30.4 Å². The quantitative estimate of drug-likeness (QED) is 0.287. The van der Waals surface area contributed by atoms with Crippen LogP contribution >= 0.6 is 11.6 Å². The van der Waals surface area contributed by atoms with Crippen molar-refractivity contribution in [3.05, 3.63) is 71.6 Å². The second-order valence-corrected chi connectivity index (χ2v) is 9.01. The van der Waals surface area contributed by atoms with Crippen LogP contribution in [0.4, 0.5) is 0 Å². The third-order valence-corrected chi connectivity index (χ3v) is 6.11. The van der Waals surface area contributed by atoms with Gasteiger partial charge in [-0.15, -0.1) is 11.6 Å². The Bertz CT molecular complexity index is 921. The minimum Gasteiger partial charge on any atom is -0.491 e. The van der Waals surface area contributed by atoms with E-state index in [9.17, 15) is 15.3 Å². The first-order valence-electron chi connectivity index (χ1n) is 11.3. The SMILES string of the molecule is CC(C)(c1ccc(OC[C@@H](O)CCl)cc1)c1ccc(OC[C@H](O)CN2NCNC=C2CO)cc1. The molecule has 34 heavy (non-hydrogen) atoms. The molecule has 3 rings (SSSR count). The molecule has 1 aliphatic rings. The van der Waals surface area contributed by atoms with E-state index in [0.717, 1.165) is 11.1 Å². The molecule has 0 radical (unpaired) electrons. The molecule has 5 N–H and O–H groups in total. The Hall–Kier alpha value is -2.49. The van der Waals surface area contributed by atoms with Crippen LogP contribution in [0.1, 0.15) is 25.0 Å². The minimum absolute atomic E-state index is 0.127. The van der Waals surface area contributed by atoms with E-state index in [2.05, 4.69) is 24.6 Å². The molecule has 8 nitrogen and oxygen atoms in total. The fourth-order valence-electron chi connectivity index (χ4n) is 3.60. The van der Waals surface area contributed by atoms with Crippen LogP contribution in [0.5, 0.6) is 11.5 Å². The molecule has 1 aliphatic heterocycles. The summed E-state index contributed by atoms with van der Waals surface area (Å²) in [6.45, 7) is 5.28. The van der Waals surface area contributed by atoms with Crippen LogP contribution in [-0.4, -0.2) is 71.5 Å². The number of aliphatic hydroxyl groups is 3. The Labute approximate surface area is 205 Å². The summed E-state index contributed by atoms with van der Waals surface area (Å²) in [6, 6.07) is 15.7. The number of hydrogen-bond donors (Lipinski definition) is 5. The van der Waals surface area contributed by atoms with Crippen LogP contribution in [0.15, 0.2) is 60.4 Å². The monoisotopic (exact) mass is 491 g/mol. The zero-order chi connectivity index (χ0) is 24.6. The lowest BCUT2D eigenvalue weighted by atomic mass is 9.78. The van der Waals surface area contributed by atoms with Gasteiger partial charge in [-0.25, -0.2) is 5.43 Å². The van der Waals surface area contributed by atoms with Gasteiger partial charge in [0, 0.05) is 11.6 Å². The number of aliphatic hydroxyl groups excluding tert-OH is 3. The molecule has 0 aliphatic carbocycles. The number of hydrogen-bond acceptors (Lipinski definition) is 8. The maximum absolute atomic E-state index is 10.3. The molecule has 9 heteroatoms. The lowest BCUT2D eigenvalue weighted by molar-refractivity contribution is 0.0536. The zero-order valence-electron chi connectivity index (χ0n) is 19.6. The molecule has 0 saturated heterocycles. The molecule has 0 unspecified atom stereocenters. The summed E-state index contributed by atoms with van der Waals surface area (Å²) >= 11 is 5.60. The lowest BCUT2D eigenvalue weighted by Crippen LogP contribution is -2.50. The van der Waals surface area contributed by atoms with Crippen molar-refractivity contribution in [1.82, 2.24) is 15.8 Å². The van der Waals surface area contributed by atoms with Gasteiger partial charge in [-0.1, -0.05) is 38.1 Å². The summed E-state index contributed by atoms with van der Waals surface area (Å²) in [5.74, 6) is 1.49. The van der Waals surface area contributed by atoms with Crippen molar-refractivity contribution >= 4 is 11.6 Å². The molecule has 1 heterocycles. The average molecular weight is 492 g/mol. The molecule has 0 fully saturated rings. The van der Waals surface area contributed by atoms with Crippen molar-refractivity contribution in [2.24, 2.45) is 0 Å².